The summed E-state index contributed by atoms with van der Waals surface area (Å²) in [5.74, 6) is -0.296. The molecule has 1 aliphatic rings. The Bertz CT molecular complexity index is 677. The lowest BCUT2D eigenvalue weighted by Crippen LogP contribution is -2.64. The lowest BCUT2D eigenvalue weighted by atomic mass is 9.95. The van der Waals surface area contributed by atoms with Crippen LogP contribution < -0.4 is 10.5 Å². The molecule has 1 aromatic carbocycles. The number of hydrogen-bond acceptors (Lipinski definition) is 4. The van der Waals surface area contributed by atoms with E-state index in [0.29, 0.717) is 25.2 Å². The number of alkyl halides is 2. The Labute approximate surface area is 158 Å². The number of hydrogen-bond donors (Lipinski definition) is 1. The molecule has 1 aromatic rings. The van der Waals surface area contributed by atoms with E-state index in [1.807, 2.05) is 27.7 Å². The zero-order valence-corrected chi connectivity index (χ0v) is 16.1. The Kier molecular flexibility index (Phi) is 6.41. The van der Waals surface area contributed by atoms with Crippen molar-refractivity contribution >= 4 is 11.8 Å². The molecule has 0 unspecified atom stereocenters. The van der Waals surface area contributed by atoms with Crippen molar-refractivity contribution in [3.8, 4) is 5.75 Å². The molecule has 0 saturated carbocycles. The van der Waals surface area contributed by atoms with Crippen LogP contribution in [0.1, 0.15) is 38.1 Å². The van der Waals surface area contributed by atoms with Gasteiger partial charge in [-0.3, -0.25) is 9.59 Å². The number of piperazine rings is 1. The normalized spacial score (nSPS) is 18.0. The van der Waals surface area contributed by atoms with Gasteiger partial charge in [0.25, 0.3) is 5.91 Å². The standard InChI is InChI=1S/C19H27F2N3O3/c1-12(2)15(22)17(26)23-9-10-24(19(3,4)11-23)16(25)13-5-7-14(8-6-13)27-18(20)21/h5-8,12,15,18H,9-11,22H2,1-4H3/t15-/m0/s1. The van der Waals surface area contributed by atoms with Gasteiger partial charge in [0.2, 0.25) is 5.91 Å². The lowest BCUT2D eigenvalue weighted by molar-refractivity contribution is -0.137. The van der Waals surface area contributed by atoms with E-state index in [9.17, 15) is 18.4 Å². The van der Waals surface area contributed by atoms with Gasteiger partial charge in [0, 0.05) is 25.2 Å². The molecule has 2 rings (SSSR count). The molecule has 0 bridgehead atoms. The Morgan fingerprint density at radius 3 is 2.22 bits per heavy atom. The summed E-state index contributed by atoms with van der Waals surface area (Å²) in [4.78, 5) is 28.8. The molecule has 2 amide bonds. The monoisotopic (exact) mass is 383 g/mol. The number of ether oxygens (including phenoxy) is 1. The van der Waals surface area contributed by atoms with Gasteiger partial charge in [-0.25, -0.2) is 0 Å². The summed E-state index contributed by atoms with van der Waals surface area (Å²) in [5, 5.41) is 0. The fourth-order valence-corrected chi connectivity index (χ4v) is 3.15. The molecule has 150 valence electrons. The smallest absolute Gasteiger partial charge is 0.387 e. The van der Waals surface area contributed by atoms with E-state index in [1.54, 1.807) is 9.80 Å². The highest BCUT2D eigenvalue weighted by Gasteiger charge is 2.39. The fraction of sp³-hybridized carbons (Fsp3) is 0.579. The van der Waals surface area contributed by atoms with Crippen molar-refractivity contribution in [2.75, 3.05) is 19.6 Å². The van der Waals surface area contributed by atoms with Gasteiger partial charge in [-0.05, 0) is 44.0 Å². The maximum atomic E-state index is 12.9. The second-order valence-electron chi connectivity index (χ2n) is 7.70. The highest BCUT2D eigenvalue weighted by molar-refractivity contribution is 5.95. The van der Waals surface area contributed by atoms with Crippen molar-refractivity contribution < 1.29 is 23.1 Å². The van der Waals surface area contributed by atoms with Crippen molar-refractivity contribution in [3.63, 3.8) is 0 Å². The number of amides is 2. The maximum absolute atomic E-state index is 12.9. The van der Waals surface area contributed by atoms with Crippen molar-refractivity contribution in [1.82, 2.24) is 9.80 Å². The number of carbonyl (C=O) groups is 2. The van der Waals surface area contributed by atoms with Crippen LogP contribution in [-0.2, 0) is 4.79 Å². The fourth-order valence-electron chi connectivity index (χ4n) is 3.15. The Morgan fingerprint density at radius 2 is 1.74 bits per heavy atom. The van der Waals surface area contributed by atoms with Gasteiger partial charge in [-0.15, -0.1) is 0 Å². The van der Waals surface area contributed by atoms with Crippen LogP contribution in [-0.4, -0.2) is 59.4 Å². The first-order valence-corrected chi connectivity index (χ1v) is 8.94. The number of nitrogens with zero attached hydrogens (tertiary/aromatic N) is 2. The molecule has 0 aromatic heterocycles. The highest BCUT2D eigenvalue weighted by Crippen LogP contribution is 2.25. The van der Waals surface area contributed by atoms with Crippen LogP contribution >= 0.6 is 0 Å². The summed E-state index contributed by atoms with van der Waals surface area (Å²) in [7, 11) is 0. The van der Waals surface area contributed by atoms with E-state index in [2.05, 4.69) is 4.74 Å². The topological polar surface area (TPSA) is 75.9 Å². The molecule has 8 heteroatoms. The summed E-state index contributed by atoms with van der Waals surface area (Å²) in [6.07, 6.45) is 0. The summed E-state index contributed by atoms with van der Waals surface area (Å²) in [6.45, 7) is 5.82. The van der Waals surface area contributed by atoms with Crippen LogP contribution in [0.3, 0.4) is 0 Å². The van der Waals surface area contributed by atoms with Gasteiger partial charge in [0.1, 0.15) is 5.75 Å². The molecule has 27 heavy (non-hydrogen) atoms. The Balaban J connectivity index is 2.09. The Morgan fingerprint density at radius 1 is 1.15 bits per heavy atom. The predicted molar refractivity (Wildman–Crippen MR) is 97.6 cm³/mol. The maximum Gasteiger partial charge on any atom is 0.387 e. The van der Waals surface area contributed by atoms with E-state index in [0.717, 1.165) is 0 Å². The number of carbonyl (C=O) groups excluding carboxylic acids is 2. The third-order valence-electron chi connectivity index (χ3n) is 4.79. The van der Waals surface area contributed by atoms with Crippen molar-refractivity contribution in [2.24, 2.45) is 11.7 Å². The Hall–Kier alpha value is -2.22. The van der Waals surface area contributed by atoms with E-state index >= 15 is 0 Å². The van der Waals surface area contributed by atoms with Gasteiger partial charge in [-0.1, -0.05) is 13.8 Å². The molecule has 6 nitrogen and oxygen atoms in total. The van der Waals surface area contributed by atoms with Gasteiger partial charge < -0.3 is 20.3 Å². The predicted octanol–water partition coefficient (Wildman–Crippen LogP) is 2.33. The van der Waals surface area contributed by atoms with Crippen molar-refractivity contribution in [2.45, 2.75) is 45.9 Å². The van der Waals surface area contributed by atoms with Gasteiger partial charge in [-0.2, -0.15) is 8.78 Å². The summed E-state index contributed by atoms with van der Waals surface area (Å²) in [5.41, 5.74) is 5.77. The summed E-state index contributed by atoms with van der Waals surface area (Å²) in [6, 6.07) is 5.04. The van der Waals surface area contributed by atoms with E-state index in [4.69, 9.17) is 5.73 Å². The van der Waals surface area contributed by atoms with E-state index < -0.39 is 18.2 Å². The van der Waals surface area contributed by atoms with Crippen molar-refractivity contribution in [3.05, 3.63) is 29.8 Å². The first kappa shape index (κ1) is 21.1. The second-order valence-corrected chi connectivity index (χ2v) is 7.70. The number of halogens is 2. The molecule has 1 aliphatic heterocycles. The molecular weight excluding hydrogens is 356 g/mol. The minimum absolute atomic E-state index is 0.00102. The van der Waals surface area contributed by atoms with Crippen LogP contribution in [0.25, 0.3) is 0 Å². The zero-order valence-electron chi connectivity index (χ0n) is 16.1. The van der Waals surface area contributed by atoms with E-state index in [1.165, 1.54) is 24.3 Å². The molecule has 0 radical (unpaired) electrons. The molecule has 1 heterocycles. The molecule has 0 aliphatic carbocycles. The van der Waals surface area contributed by atoms with E-state index in [-0.39, 0.29) is 23.5 Å². The minimum atomic E-state index is -2.91. The first-order valence-electron chi connectivity index (χ1n) is 8.94. The summed E-state index contributed by atoms with van der Waals surface area (Å²) >= 11 is 0. The number of benzene rings is 1. The van der Waals surface area contributed by atoms with Crippen LogP contribution in [0.15, 0.2) is 24.3 Å². The number of nitrogens with two attached hydrogens (primary N) is 1. The lowest BCUT2D eigenvalue weighted by Gasteiger charge is -2.47. The van der Waals surface area contributed by atoms with Crippen LogP contribution in [0.2, 0.25) is 0 Å². The zero-order chi connectivity index (χ0) is 20.4. The highest BCUT2D eigenvalue weighted by atomic mass is 19.3. The van der Waals surface area contributed by atoms with Crippen molar-refractivity contribution in [1.29, 1.82) is 0 Å². The SMILES string of the molecule is CC(C)[C@H](N)C(=O)N1CCN(C(=O)c2ccc(OC(F)F)cc2)C(C)(C)C1. The molecule has 2 N–H and O–H groups in total. The number of rotatable bonds is 5. The molecule has 1 atom stereocenters. The van der Waals surface area contributed by atoms with Crippen LogP contribution in [0, 0.1) is 5.92 Å². The molecule has 0 spiro atoms. The van der Waals surface area contributed by atoms with Gasteiger partial charge in [0.05, 0.1) is 11.6 Å². The second kappa shape index (κ2) is 8.21. The average molecular weight is 383 g/mol. The first-order chi connectivity index (χ1) is 12.5. The molecule has 1 fully saturated rings. The quantitative estimate of drug-likeness (QED) is 0.847. The van der Waals surface area contributed by atoms with Gasteiger partial charge in [0.15, 0.2) is 0 Å². The molecule has 1 saturated heterocycles. The van der Waals surface area contributed by atoms with Crippen LogP contribution in [0.5, 0.6) is 5.75 Å². The third kappa shape index (κ3) is 4.94. The largest absolute Gasteiger partial charge is 0.435 e. The third-order valence-corrected chi connectivity index (χ3v) is 4.79. The average Bonchev–Trinajstić information content (AvgIpc) is 2.59. The summed E-state index contributed by atoms with van der Waals surface area (Å²) < 4.78 is 28.8. The van der Waals surface area contributed by atoms with Crippen LogP contribution in [0.4, 0.5) is 8.78 Å². The minimum Gasteiger partial charge on any atom is -0.435 e. The molecular formula is C19H27F2N3O3. The van der Waals surface area contributed by atoms with Gasteiger partial charge >= 0.3 is 6.61 Å².